The molecule has 0 atom stereocenters. The van der Waals surface area contributed by atoms with Crippen molar-refractivity contribution >= 4 is 17.2 Å². The van der Waals surface area contributed by atoms with Gasteiger partial charge >= 0.3 is 0 Å². The molecule has 0 saturated carbocycles. The second-order valence-corrected chi connectivity index (χ2v) is 6.99. The van der Waals surface area contributed by atoms with Crippen LogP contribution in [0.2, 0.25) is 0 Å². The molecule has 1 aromatic heterocycles. The van der Waals surface area contributed by atoms with Crippen LogP contribution in [0.1, 0.15) is 71.1 Å². The second-order valence-electron chi connectivity index (χ2n) is 5.56. The molecule has 3 heteroatoms. The lowest BCUT2D eigenvalue weighted by Crippen LogP contribution is -2.25. The first-order valence-corrected chi connectivity index (χ1v) is 8.35. The molecule has 1 aromatic rings. The number of thiophene rings is 1. The molecule has 0 aromatic carbocycles. The van der Waals surface area contributed by atoms with E-state index in [2.05, 4.69) is 20.8 Å². The van der Waals surface area contributed by atoms with Crippen LogP contribution >= 0.6 is 11.3 Å². The minimum absolute atomic E-state index is 0.269. The Morgan fingerprint density at radius 1 is 1.05 bits per heavy atom. The quantitative estimate of drug-likeness (QED) is 0.664. The molecule has 0 bridgehead atoms. The minimum Gasteiger partial charge on any atom is -0.334 e. The summed E-state index contributed by atoms with van der Waals surface area (Å²) in [6.07, 6.45) is 7.71. The highest BCUT2D eigenvalue weighted by Gasteiger charge is 2.31. The van der Waals surface area contributed by atoms with Gasteiger partial charge in [-0.2, -0.15) is 0 Å². The van der Waals surface area contributed by atoms with Gasteiger partial charge in [-0.1, -0.05) is 39.0 Å². The highest BCUT2D eigenvalue weighted by Crippen LogP contribution is 2.34. The van der Waals surface area contributed by atoms with Crippen LogP contribution in [0.25, 0.3) is 0 Å². The largest absolute Gasteiger partial charge is 0.334 e. The van der Waals surface area contributed by atoms with Crippen LogP contribution in [0.4, 0.5) is 0 Å². The molecule has 19 heavy (non-hydrogen) atoms. The average molecular weight is 279 g/mol. The van der Waals surface area contributed by atoms with E-state index in [1.165, 1.54) is 47.4 Å². The highest BCUT2D eigenvalue weighted by molar-refractivity contribution is 7.12. The maximum Gasteiger partial charge on any atom is 0.255 e. The first kappa shape index (κ1) is 14.6. The standard InChI is InChI=1S/C16H25NOS/c1-4-5-6-7-8-9-10-17-11-14-12(2)19-13(3)15(14)16(17)18/h4-11H2,1-3H3. The molecule has 2 heterocycles. The van der Waals surface area contributed by atoms with Crippen LogP contribution in [0.15, 0.2) is 0 Å². The Bertz CT molecular complexity index is 450. The summed E-state index contributed by atoms with van der Waals surface area (Å²) in [4.78, 5) is 16.9. The van der Waals surface area contributed by atoms with Crippen molar-refractivity contribution in [3.05, 3.63) is 20.9 Å². The van der Waals surface area contributed by atoms with Crippen LogP contribution < -0.4 is 0 Å². The molecule has 0 saturated heterocycles. The van der Waals surface area contributed by atoms with E-state index in [-0.39, 0.29) is 5.91 Å². The zero-order chi connectivity index (χ0) is 13.8. The Balaban J connectivity index is 1.79. The van der Waals surface area contributed by atoms with Crippen LogP contribution in [0, 0.1) is 13.8 Å². The van der Waals surface area contributed by atoms with Crippen molar-refractivity contribution < 1.29 is 4.79 Å². The normalized spacial score (nSPS) is 14.3. The van der Waals surface area contributed by atoms with Gasteiger partial charge in [-0.15, -0.1) is 11.3 Å². The SMILES string of the molecule is CCCCCCCCN1Cc2c(C)sc(C)c2C1=O. The van der Waals surface area contributed by atoms with Gasteiger partial charge in [0.1, 0.15) is 0 Å². The second kappa shape index (κ2) is 6.56. The zero-order valence-electron chi connectivity index (χ0n) is 12.4. The third-order valence-electron chi connectivity index (χ3n) is 4.02. The monoisotopic (exact) mass is 279 g/mol. The minimum atomic E-state index is 0.269. The van der Waals surface area contributed by atoms with E-state index in [9.17, 15) is 4.79 Å². The fourth-order valence-corrected chi connectivity index (χ4v) is 3.95. The van der Waals surface area contributed by atoms with E-state index in [4.69, 9.17) is 0 Å². The number of aryl methyl sites for hydroxylation is 2. The summed E-state index contributed by atoms with van der Waals surface area (Å²) >= 11 is 1.77. The first-order valence-electron chi connectivity index (χ1n) is 7.53. The molecule has 106 valence electrons. The third kappa shape index (κ3) is 3.19. The van der Waals surface area contributed by atoms with Crippen molar-refractivity contribution in [3.63, 3.8) is 0 Å². The van der Waals surface area contributed by atoms with Gasteiger partial charge in [0.15, 0.2) is 0 Å². The number of fused-ring (bicyclic) bond motifs is 1. The summed E-state index contributed by atoms with van der Waals surface area (Å²) in [6, 6.07) is 0. The molecule has 0 aliphatic carbocycles. The zero-order valence-corrected chi connectivity index (χ0v) is 13.2. The van der Waals surface area contributed by atoms with Crippen LogP contribution in [-0.4, -0.2) is 17.4 Å². The first-order chi connectivity index (χ1) is 9.15. The number of carbonyl (C=O) groups excluding carboxylic acids is 1. The fraction of sp³-hybridized carbons (Fsp3) is 0.688. The van der Waals surface area contributed by atoms with Crippen molar-refractivity contribution in [2.24, 2.45) is 0 Å². The van der Waals surface area contributed by atoms with Gasteiger partial charge in [0.05, 0.1) is 5.56 Å². The van der Waals surface area contributed by atoms with Gasteiger partial charge in [0.25, 0.3) is 5.91 Å². The van der Waals surface area contributed by atoms with Gasteiger partial charge < -0.3 is 4.90 Å². The van der Waals surface area contributed by atoms with Crippen molar-refractivity contribution in [1.82, 2.24) is 4.90 Å². The molecule has 0 fully saturated rings. The number of amides is 1. The molecular weight excluding hydrogens is 254 g/mol. The highest BCUT2D eigenvalue weighted by atomic mass is 32.1. The summed E-state index contributed by atoms with van der Waals surface area (Å²) in [5.41, 5.74) is 2.30. The van der Waals surface area contributed by atoms with Crippen molar-refractivity contribution in [2.75, 3.05) is 6.54 Å². The Morgan fingerprint density at radius 2 is 1.74 bits per heavy atom. The van der Waals surface area contributed by atoms with Gasteiger partial charge in [-0.3, -0.25) is 4.79 Å². The Kier molecular flexibility index (Phi) is 5.03. The molecular formula is C16H25NOS. The lowest BCUT2D eigenvalue weighted by Gasteiger charge is -2.16. The van der Waals surface area contributed by atoms with Gasteiger partial charge in [0.2, 0.25) is 0 Å². The Morgan fingerprint density at radius 3 is 2.42 bits per heavy atom. The third-order valence-corrected chi connectivity index (χ3v) is 5.08. The summed E-state index contributed by atoms with van der Waals surface area (Å²) in [6.45, 7) is 8.23. The molecule has 0 spiro atoms. The molecule has 1 aliphatic heterocycles. The van der Waals surface area contributed by atoms with E-state index < -0.39 is 0 Å². The Labute approximate surface area is 120 Å². The number of hydrogen-bond acceptors (Lipinski definition) is 2. The maximum atomic E-state index is 12.3. The summed E-state index contributed by atoms with van der Waals surface area (Å²) in [5.74, 6) is 0.269. The molecule has 1 aliphatic rings. The number of carbonyl (C=O) groups is 1. The number of unbranched alkanes of at least 4 members (excludes halogenated alkanes) is 5. The van der Waals surface area contributed by atoms with E-state index >= 15 is 0 Å². The predicted molar refractivity (Wildman–Crippen MR) is 81.9 cm³/mol. The summed E-state index contributed by atoms with van der Waals surface area (Å²) in [7, 11) is 0. The average Bonchev–Trinajstić information content (AvgIpc) is 2.84. The molecule has 2 nitrogen and oxygen atoms in total. The van der Waals surface area contributed by atoms with Crippen molar-refractivity contribution in [2.45, 2.75) is 65.8 Å². The van der Waals surface area contributed by atoms with Crippen molar-refractivity contribution in [3.8, 4) is 0 Å². The predicted octanol–water partition coefficient (Wildman–Crippen LogP) is 4.68. The lowest BCUT2D eigenvalue weighted by molar-refractivity contribution is 0.0775. The molecule has 2 rings (SSSR count). The van der Waals surface area contributed by atoms with E-state index in [1.807, 2.05) is 4.90 Å². The number of nitrogens with zero attached hydrogens (tertiary/aromatic N) is 1. The lowest BCUT2D eigenvalue weighted by atomic mass is 10.1. The van der Waals surface area contributed by atoms with Crippen LogP contribution in [0.3, 0.4) is 0 Å². The summed E-state index contributed by atoms with van der Waals surface area (Å²) in [5, 5.41) is 0. The van der Waals surface area contributed by atoms with E-state index in [1.54, 1.807) is 11.3 Å². The van der Waals surface area contributed by atoms with Gasteiger partial charge in [0, 0.05) is 22.8 Å². The molecule has 0 N–H and O–H groups in total. The maximum absolute atomic E-state index is 12.3. The molecule has 0 radical (unpaired) electrons. The topological polar surface area (TPSA) is 20.3 Å². The van der Waals surface area contributed by atoms with E-state index in [0.29, 0.717) is 0 Å². The van der Waals surface area contributed by atoms with Crippen LogP contribution in [0.5, 0.6) is 0 Å². The number of hydrogen-bond donors (Lipinski definition) is 0. The molecule has 1 amide bonds. The summed E-state index contributed by atoms with van der Waals surface area (Å²) < 4.78 is 0. The van der Waals surface area contributed by atoms with Gasteiger partial charge in [-0.25, -0.2) is 0 Å². The fourth-order valence-electron chi connectivity index (χ4n) is 2.89. The van der Waals surface area contributed by atoms with Crippen molar-refractivity contribution in [1.29, 1.82) is 0 Å². The van der Waals surface area contributed by atoms with Gasteiger partial charge in [-0.05, 0) is 25.8 Å². The van der Waals surface area contributed by atoms with Crippen LogP contribution in [-0.2, 0) is 6.54 Å². The smallest absolute Gasteiger partial charge is 0.255 e. The molecule has 0 unspecified atom stereocenters. The number of rotatable bonds is 7. The Hall–Kier alpha value is -0.830. The van der Waals surface area contributed by atoms with E-state index in [0.717, 1.165) is 25.1 Å².